The minimum absolute atomic E-state index is 0.202. The van der Waals surface area contributed by atoms with Crippen molar-refractivity contribution in [2.75, 3.05) is 39.3 Å². The van der Waals surface area contributed by atoms with Crippen LogP contribution < -0.4 is 0 Å². The van der Waals surface area contributed by atoms with Gasteiger partial charge in [0.25, 0.3) is 0 Å². The molecule has 0 radical (unpaired) electrons. The van der Waals surface area contributed by atoms with Gasteiger partial charge in [0.2, 0.25) is 5.91 Å². The van der Waals surface area contributed by atoms with Crippen LogP contribution in [0.3, 0.4) is 0 Å². The number of rotatable bonds is 3. The van der Waals surface area contributed by atoms with Gasteiger partial charge in [-0.3, -0.25) is 14.6 Å². The third-order valence-electron chi connectivity index (χ3n) is 5.15. The van der Waals surface area contributed by atoms with E-state index in [1.165, 1.54) is 0 Å². The second kappa shape index (κ2) is 7.01. The van der Waals surface area contributed by atoms with Crippen molar-refractivity contribution in [2.24, 2.45) is 5.92 Å². The van der Waals surface area contributed by atoms with Crippen molar-refractivity contribution in [3.8, 4) is 0 Å². The summed E-state index contributed by atoms with van der Waals surface area (Å²) in [4.78, 5) is 18.6. The Labute approximate surface area is 138 Å². The van der Waals surface area contributed by atoms with Crippen LogP contribution in [0.4, 0.5) is 0 Å². The Hall–Kier alpha value is -1.40. The molecule has 0 aliphatic carbocycles. The Kier molecular flexibility index (Phi) is 5.02. The van der Waals surface area contributed by atoms with Crippen molar-refractivity contribution in [3.63, 3.8) is 0 Å². The number of aryl methyl sites for hydroxylation is 1. The summed E-state index contributed by atoms with van der Waals surface area (Å²) < 4.78 is 5.35. The summed E-state index contributed by atoms with van der Waals surface area (Å²) in [5.41, 5.74) is 0.945. The van der Waals surface area contributed by atoms with Crippen molar-refractivity contribution in [2.45, 2.75) is 39.8 Å². The van der Waals surface area contributed by atoms with E-state index in [1.54, 1.807) is 6.92 Å². The maximum atomic E-state index is 11.6. The van der Waals surface area contributed by atoms with Gasteiger partial charge in [-0.15, -0.1) is 0 Å². The monoisotopic (exact) mass is 320 g/mol. The topological polar surface area (TPSA) is 52.8 Å². The highest BCUT2D eigenvalue weighted by Gasteiger charge is 2.35. The molecule has 128 valence electrons. The van der Waals surface area contributed by atoms with E-state index in [-0.39, 0.29) is 5.91 Å². The number of likely N-dealkylation sites (tertiary alicyclic amines) is 1. The summed E-state index contributed by atoms with van der Waals surface area (Å²) in [6, 6.07) is 2.60. The van der Waals surface area contributed by atoms with Crippen molar-refractivity contribution < 1.29 is 9.32 Å². The molecule has 0 bridgehead atoms. The Morgan fingerprint density at radius 3 is 2.83 bits per heavy atom. The highest BCUT2D eigenvalue weighted by molar-refractivity contribution is 5.73. The molecule has 2 saturated heterocycles. The highest BCUT2D eigenvalue weighted by Crippen LogP contribution is 2.24. The number of carbonyl (C=O) groups excluding carboxylic acids is 1. The zero-order chi connectivity index (χ0) is 16.4. The predicted octanol–water partition coefficient (Wildman–Crippen LogP) is 1.36. The molecule has 6 heteroatoms. The largest absolute Gasteiger partial charge is 0.360 e. The maximum absolute atomic E-state index is 11.6. The van der Waals surface area contributed by atoms with Crippen LogP contribution in [0.1, 0.15) is 31.7 Å². The van der Waals surface area contributed by atoms with E-state index in [2.05, 4.69) is 21.9 Å². The molecular formula is C17H28N4O2. The van der Waals surface area contributed by atoms with Crippen LogP contribution in [-0.4, -0.2) is 71.1 Å². The fourth-order valence-electron chi connectivity index (χ4n) is 3.95. The zero-order valence-corrected chi connectivity index (χ0v) is 14.5. The summed E-state index contributed by atoms with van der Waals surface area (Å²) in [7, 11) is 0. The van der Waals surface area contributed by atoms with Gasteiger partial charge in [-0.25, -0.2) is 0 Å². The average Bonchev–Trinajstić information content (AvgIpc) is 2.96. The molecule has 3 rings (SSSR count). The Balaban J connectivity index is 1.57. The van der Waals surface area contributed by atoms with Gasteiger partial charge in [-0.2, -0.15) is 0 Å². The first kappa shape index (κ1) is 16.5. The normalized spacial score (nSPS) is 27.3. The summed E-state index contributed by atoms with van der Waals surface area (Å²) >= 11 is 0. The summed E-state index contributed by atoms with van der Waals surface area (Å²) in [5, 5.41) is 3.97. The highest BCUT2D eigenvalue weighted by atomic mass is 16.5. The summed E-state index contributed by atoms with van der Waals surface area (Å²) in [6.07, 6.45) is 1.07. The molecule has 23 heavy (non-hydrogen) atoms. The van der Waals surface area contributed by atoms with Crippen molar-refractivity contribution in [1.82, 2.24) is 19.9 Å². The molecule has 2 aliphatic heterocycles. The van der Waals surface area contributed by atoms with Crippen LogP contribution in [-0.2, 0) is 11.3 Å². The van der Waals surface area contributed by atoms with Crippen LogP contribution in [0.2, 0.25) is 0 Å². The standard InChI is InChI=1S/C17H28N4O2/c1-13-10-19(11-16-9-14(2)18-23-16)12-17(13)21-6-4-5-20(7-8-21)15(3)22/h9,13,17H,4-8,10-12H2,1-3H3/t13-,17-/m1/s1. The first-order valence-corrected chi connectivity index (χ1v) is 8.67. The summed E-state index contributed by atoms with van der Waals surface area (Å²) in [5.74, 6) is 1.80. The van der Waals surface area contributed by atoms with Crippen LogP contribution in [0.5, 0.6) is 0 Å². The molecule has 2 aliphatic rings. The number of amides is 1. The summed E-state index contributed by atoms with van der Waals surface area (Å²) in [6.45, 7) is 12.8. The van der Waals surface area contributed by atoms with E-state index in [9.17, 15) is 4.79 Å². The van der Waals surface area contributed by atoms with Crippen molar-refractivity contribution in [3.05, 3.63) is 17.5 Å². The lowest BCUT2D eigenvalue weighted by Gasteiger charge is -2.30. The molecule has 0 spiro atoms. The number of hydrogen-bond donors (Lipinski definition) is 0. The lowest BCUT2D eigenvalue weighted by atomic mass is 10.0. The van der Waals surface area contributed by atoms with Gasteiger partial charge in [0.05, 0.1) is 12.2 Å². The average molecular weight is 320 g/mol. The molecule has 0 unspecified atom stereocenters. The lowest BCUT2D eigenvalue weighted by Crippen LogP contribution is -2.42. The van der Waals surface area contributed by atoms with Crippen LogP contribution in [0.15, 0.2) is 10.6 Å². The molecule has 0 N–H and O–H groups in total. The van der Waals surface area contributed by atoms with Crippen LogP contribution >= 0.6 is 0 Å². The van der Waals surface area contributed by atoms with E-state index >= 15 is 0 Å². The quantitative estimate of drug-likeness (QED) is 0.842. The van der Waals surface area contributed by atoms with E-state index in [1.807, 2.05) is 17.9 Å². The maximum Gasteiger partial charge on any atom is 0.219 e. The van der Waals surface area contributed by atoms with E-state index in [0.29, 0.717) is 12.0 Å². The number of nitrogens with zero attached hydrogens (tertiary/aromatic N) is 4. The molecule has 3 heterocycles. The van der Waals surface area contributed by atoms with Crippen molar-refractivity contribution >= 4 is 5.91 Å². The van der Waals surface area contributed by atoms with Gasteiger partial charge in [0.1, 0.15) is 0 Å². The second-order valence-corrected chi connectivity index (χ2v) is 7.07. The fourth-order valence-corrected chi connectivity index (χ4v) is 3.95. The second-order valence-electron chi connectivity index (χ2n) is 7.07. The third kappa shape index (κ3) is 3.93. The van der Waals surface area contributed by atoms with Crippen LogP contribution in [0, 0.1) is 12.8 Å². The van der Waals surface area contributed by atoms with Gasteiger partial charge in [-0.1, -0.05) is 12.1 Å². The first-order chi connectivity index (χ1) is 11.0. The van der Waals surface area contributed by atoms with E-state index < -0.39 is 0 Å². The molecule has 1 amide bonds. The van der Waals surface area contributed by atoms with Gasteiger partial charge in [0.15, 0.2) is 5.76 Å². The third-order valence-corrected chi connectivity index (χ3v) is 5.15. The molecule has 1 aromatic rings. The Bertz CT molecular complexity index is 544. The SMILES string of the molecule is CC(=O)N1CCCN([C@@H]2CN(Cc3cc(C)no3)C[C@H]2C)CC1. The molecule has 2 fully saturated rings. The van der Waals surface area contributed by atoms with Crippen molar-refractivity contribution in [1.29, 1.82) is 0 Å². The minimum atomic E-state index is 0.202. The fraction of sp³-hybridized carbons (Fsp3) is 0.765. The molecular weight excluding hydrogens is 292 g/mol. The molecule has 2 atom stereocenters. The number of aromatic nitrogens is 1. The van der Waals surface area contributed by atoms with Crippen LogP contribution in [0.25, 0.3) is 0 Å². The molecule has 0 aromatic carbocycles. The lowest BCUT2D eigenvalue weighted by molar-refractivity contribution is -0.128. The number of carbonyl (C=O) groups is 1. The molecule has 1 aromatic heterocycles. The van der Waals surface area contributed by atoms with Gasteiger partial charge in [0, 0.05) is 58.3 Å². The van der Waals surface area contributed by atoms with Gasteiger partial charge >= 0.3 is 0 Å². The minimum Gasteiger partial charge on any atom is -0.360 e. The van der Waals surface area contributed by atoms with E-state index in [4.69, 9.17) is 4.52 Å². The van der Waals surface area contributed by atoms with Gasteiger partial charge in [-0.05, 0) is 19.3 Å². The smallest absolute Gasteiger partial charge is 0.219 e. The number of hydrogen-bond acceptors (Lipinski definition) is 5. The zero-order valence-electron chi connectivity index (χ0n) is 14.5. The molecule has 6 nitrogen and oxygen atoms in total. The Morgan fingerprint density at radius 2 is 2.13 bits per heavy atom. The Morgan fingerprint density at radius 1 is 1.30 bits per heavy atom. The van der Waals surface area contributed by atoms with Gasteiger partial charge < -0.3 is 9.42 Å². The molecule has 0 saturated carbocycles. The predicted molar refractivity (Wildman–Crippen MR) is 87.9 cm³/mol. The first-order valence-electron chi connectivity index (χ1n) is 8.67. The van der Waals surface area contributed by atoms with E-state index in [0.717, 1.165) is 63.7 Å².